The lowest BCUT2D eigenvalue weighted by Crippen LogP contribution is -2.40. The molecular formula is C25H26FN7O3. The van der Waals surface area contributed by atoms with Gasteiger partial charge in [-0.05, 0) is 24.5 Å². The second-order valence-corrected chi connectivity index (χ2v) is 8.65. The lowest BCUT2D eigenvalue weighted by molar-refractivity contribution is -0.122. The first-order chi connectivity index (χ1) is 17.4. The molecule has 10 nitrogen and oxygen atoms in total. The number of anilines is 2. The van der Waals surface area contributed by atoms with E-state index in [0.717, 1.165) is 5.56 Å². The van der Waals surface area contributed by atoms with Crippen molar-refractivity contribution in [3.05, 3.63) is 48.7 Å². The van der Waals surface area contributed by atoms with Gasteiger partial charge in [0.25, 0.3) is 0 Å². The Morgan fingerprint density at radius 3 is 2.75 bits per heavy atom. The molecule has 1 unspecified atom stereocenters. The van der Waals surface area contributed by atoms with Gasteiger partial charge in [0.1, 0.15) is 17.1 Å². The van der Waals surface area contributed by atoms with Crippen molar-refractivity contribution in [3.8, 4) is 22.8 Å². The van der Waals surface area contributed by atoms with Gasteiger partial charge in [-0.3, -0.25) is 14.5 Å². The fraction of sp³-hybridized carbons (Fsp3) is 0.320. The largest absolute Gasteiger partial charge is 0.497 e. The van der Waals surface area contributed by atoms with Gasteiger partial charge in [0.15, 0.2) is 17.2 Å². The summed E-state index contributed by atoms with van der Waals surface area (Å²) in [5, 5.41) is 7.09. The summed E-state index contributed by atoms with van der Waals surface area (Å²) in [5.74, 6) is 0.579. The van der Waals surface area contributed by atoms with Crippen molar-refractivity contribution >= 4 is 28.6 Å². The molecule has 1 saturated heterocycles. The van der Waals surface area contributed by atoms with Crippen LogP contribution in [0.5, 0.6) is 11.5 Å². The minimum atomic E-state index is -0.532. The maximum Gasteiger partial charge on any atom is 0.220 e. The standard InChI is InChI=1S/C25H26FN7O3/c1-32-14-16(11-29-32)19-12-27-18-5-6-22(31-25(18)30-19)33(13-15-4-7-23(34)28-10-15)20-8-17(35-2)9-21(36-3)24(20)26/h5-6,8-9,11-12,14-15H,4,7,10,13H2,1-3H3,(H,28,34). The van der Waals surface area contributed by atoms with Gasteiger partial charge < -0.3 is 19.7 Å². The third kappa shape index (κ3) is 4.64. The highest BCUT2D eigenvalue weighted by atomic mass is 19.1. The minimum absolute atomic E-state index is 0.0223. The Morgan fingerprint density at radius 1 is 1.19 bits per heavy atom. The second-order valence-electron chi connectivity index (χ2n) is 8.65. The molecule has 0 radical (unpaired) electrons. The Hall–Kier alpha value is -4.28. The average Bonchev–Trinajstić information content (AvgIpc) is 3.34. The Bertz CT molecular complexity index is 1410. The molecule has 4 heterocycles. The summed E-state index contributed by atoms with van der Waals surface area (Å²) < 4.78 is 27.9. The van der Waals surface area contributed by atoms with E-state index in [1.807, 2.05) is 19.3 Å². The van der Waals surface area contributed by atoms with Crippen LogP contribution in [-0.4, -0.2) is 57.9 Å². The van der Waals surface area contributed by atoms with Crippen molar-refractivity contribution in [1.82, 2.24) is 30.0 Å². The average molecular weight is 492 g/mol. The summed E-state index contributed by atoms with van der Waals surface area (Å²) in [6.45, 7) is 0.915. The topological polar surface area (TPSA) is 107 Å². The molecule has 1 N–H and O–H groups in total. The molecule has 0 spiro atoms. The molecule has 1 fully saturated rings. The van der Waals surface area contributed by atoms with Gasteiger partial charge in [-0.15, -0.1) is 0 Å². The van der Waals surface area contributed by atoms with Crippen LogP contribution in [0.25, 0.3) is 22.4 Å². The molecule has 0 aliphatic carbocycles. The Balaban J connectivity index is 1.60. The molecule has 4 aromatic rings. The summed E-state index contributed by atoms with van der Waals surface area (Å²) >= 11 is 0. The predicted octanol–water partition coefficient (Wildman–Crippen LogP) is 3.25. The number of methoxy groups -OCH3 is 2. The van der Waals surface area contributed by atoms with Crippen molar-refractivity contribution < 1.29 is 18.7 Å². The van der Waals surface area contributed by atoms with Gasteiger partial charge in [-0.2, -0.15) is 5.10 Å². The third-order valence-electron chi connectivity index (χ3n) is 6.22. The molecule has 186 valence electrons. The fourth-order valence-electron chi connectivity index (χ4n) is 4.27. The molecular weight excluding hydrogens is 465 g/mol. The van der Waals surface area contributed by atoms with Gasteiger partial charge in [0, 0.05) is 50.5 Å². The number of aryl methyl sites for hydroxylation is 1. The van der Waals surface area contributed by atoms with Crippen LogP contribution in [0.2, 0.25) is 0 Å². The summed E-state index contributed by atoms with van der Waals surface area (Å²) in [6, 6.07) is 6.70. The molecule has 3 aromatic heterocycles. The van der Waals surface area contributed by atoms with Gasteiger partial charge in [0.2, 0.25) is 5.91 Å². The number of ether oxygens (including phenoxy) is 2. The molecule has 0 bridgehead atoms. The SMILES string of the molecule is COc1cc(OC)c(F)c(N(CC2CCC(=O)NC2)c2ccc3ncc(-c4cnn(C)c4)nc3n2)c1. The molecule has 1 aliphatic heterocycles. The first-order valence-electron chi connectivity index (χ1n) is 11.5. The van der Waals surface area contributed by atoms with Gasteiger partial charge >= 0.3 is 0 Å². The number of halogens is 1. The second kappa shape index (κ2) is 9.76. The number of piperidine rings is 1. The van der Waals surface area contributed by atoms with E-state index < -0.39 is 5.82 Å². The highest BCUT2D eigenvalue weighted by molar-refractivity contribution is 5.78. The van der Waals surface area contributed by atoms with Crippen LogP contribution in [0, 0.1) is 11.7 Å². The highest BCUT2D eigenvalue weighted by Crippen LogP contribution is 2.37. The van der Waals surface area contributed by atoms with Crippen molar-refractivity contribution in [1.29, 1.82) is 0 Å². The van der Waals surface area contributed by atoms with Crippen LogP contribution in [0.3, 0.4) is 0 Å². The first-order valence-corrected chi connectivity index (χ1v) is 11.5. The number of carbonyl (C=O) groups is 1. The van der Waals surface area contributed by atoms with Crippen LogP contribution < -0.4 is 19.7 Å². The number of rotatable bonds is 7. The number of carbonyl (C=O) groups excluding carboxylic acids is 1. The summed E-state index contributed by atoms with van der Waals surface area (Å²) in [6.07, 6.45) is 6.34. The molecule has 0 saturated carbocycles. The van der Waals surface area contributed by atoms with Gasteiger partial charge in [0.05, 0.1) is 38.0 Å². The zero-order valence-electron chi connectivity index (χ0n) is 20.2. The number of hydrogen-bond donors (Lipinski definition) is 1. The molecule has 1 atom stereocenters. The molecule has 11 heteroatoms. The Labute approximate surface area is 207 Å². The monoisotopic (exact) mass is 491 g/mol. The quantitative estimate of drug-likeness (QED) is 0.420. The number of amides is 1. The first kappa shape index (κ1) is 23.5. The van der Waals surface area contributed by atoms with Crippen molar-refractivity contribution in [2.45, 2.75) is 12.8 Å². The van der Waals surface area contributed by atoms with E-state index in [1.54, 1.807) is 34.1 Å². The summed E-state index contributed by atoms with van der Waals surface area (Å²) in [7, 11) is 4.75. The number of pyridine rings is 1. The zero-order chi connectivity index (χ0) is 25.2. The third-order valence-corrected chi connectivity index (χ3v) is 6.22. The lowest BCUT2D eigenvalue weighted by atomic mass is 9.98. The van der Waals surface area contributed by atoms with E-state index in [4.69, 9.17) is 14.5 Å². The van der Waals surface area contributed by atoms with E-state index in [0.29, 0.717) is 54.4 Å². The smallest absolute Gasteiger partial charge is 0.220 e. The van der Waals surface area contributed by atoms with Crippen molar-refractivity contribution in [2.75, 3.05) is 32.2 Å². The zero-order valence-corrected chi connectivity index (χ0v) is 20.2. The number of benzene rings is 1. The predicted molar refractivity (Wildman–Crippen MR) is 132 cm³/mol. The van der Waals surface area contributed by atoms with E-state index in [-0.39, 0.29) is 23.3 Å². The van der Waals surface area contributed by atoms with Crippen molar-refractivity contribution in [3.63, 3.8) is 0 Å². The molecule has 1 aromatic carbocycles. The number of fused-ring (bicyclic) bond motifs is 1. The fourth-order valence-corrected chi connectivity index (χ4v) is 4.27. The summed E-state index contributed by atoms with van der Waals surface area (Å²) in [4.78, 5) is 27.4. The molecule has 5 rings (SSSR count). The molecule has 36 heavy (non-hydrogen) atoms. The maximum atomic E-state index is 15.6. The number of hydrogen-bond acceptors (Lipinski definition) is 8. The van der Waals surface area contributed by atoms with E-state index in [1.165, 1.54) is 20.3 Å². The normalized spacial score (nSPS) is 15.6. The van der Waals surface area contributed by atoms with Crippen LogP contribution in [0.1, 0.15) is 12.8 Å². The van der Waals surface area contributed by atoms with Crippen LogP contribution >= 0.6 is 0 Å². The van der Waals surface area contributed by atoms with Crippen LogP contribution in [0.15, 0.2) is 42.9 Å². The lowest BCUT2D eigenvalue weighted by Gasteiger charge is -2.31. The van der Waals surface area contributed by atoms with Crippen LogP contribution in [0.4, 0.5) is 15.9 Å². The Morgan fingerprint density at radius 2 is 2.06 bits per heavy atom. The minimum Gasteiger partial charge on any atom is -0.497 e. The van der Waals surface area contributed by atoms with E-state index >= 15 is 4.39 Å². The van der Waals surface area contributed by atoms with Crippen molar-refractivity contribution in [2.24, 2.45) is 13.0 Å². The van der Waals surface area contributed by atoms with Gasteiger partial charge in [-0.1, -0.05) is 0 Å². The number of nitrogens with one attached hydrogen (secondary N) is 1. The number of aromatic nitrogens is 5. The maximum absolute atomic E-state index is 15.6. The Kier molecular flexibility index (Phi) is 6.36. The molecule has 1 aliphatic rings. The molecule has 1 amide bonds. The van der Waals surface area contributed by atoms with E-state index in [2.05, 4.69) is 20.4 Å². The highest BCUT2D eigenvalue weighted by Gasteiger charge is 2.26. The van der Waals surface area contributed by atoms with E-state index in [9.17, 15) is 4.79 Å². The van der Waals surface area contributed by atoms with Crippen LogP contribution in [-0.2, 0) is 11.8 Å². The number of nitrogens with zero attached hydrogens (tertiary/aromatic N) is 6. The van der Waals surface area contributed by atoms with Gasteiger partial charge in [-0.25, -0.2) is 14.4 Å². The summed E-state index contributed by atoms with van der Waals surface area (Å²) in [5.41, 5.74) is 2.74.